The van der Waals surface area contributed by atoms with Crippen LogP contribution < -0.4 is 5.32 Å². The third kappa shape index (κ3) is 1.68. The van der Waals surface area contributed by atoms with Gasteiger partial charge in [-0.15, -0.1) is 0 Å². The number of nitrogens with zero attached hydrogens (tertiary/aromatic N) is 2. The first-order chi connectivity index (χ1) is 7.60. The first-order valence-electron chi connectivity index (χ1n) is 5.88. The molecule has 92 valence electrons. The minimum Gasteiger partial charge on any atom is -0.443 e. The van der Waals surface area contributed by atoms with Gasteiger partial charge in [0.1, 0.15) is 6.10 Å². The molecular formula is C11H21N3O2. The Hall–Kier alpha value is -0.810. The fourth-order valence-electron chi connectivity index (χ4n) is 2.88. The van der Waals surface area contributed by atoms with E-state index in [1.807, 2.05) is 14.1 Å². The van der Waals surface area contributed by atoms with E-state index in [1.165, 1.54) is 0 Å². The van der Waals surface area contributed by atoms with Crippen LogP contribution in [0.15, 0.2) is 0 Å². The molecule has 0 saturated carbocycles. The van der Waals surface area contributed by atoms with Gasteiger partial charge in [0.25, 0.3) is 0 Å². The molecule has 5 nitrogen and oxygen atoms in total. The molecule has 1 amide bonds. The Labute approximate surface area is 96.7 Å². The van der Waals surface area contributed by atoms with Gasteiger partial charge in [0.15, 0.2) is 0 Å². The molecule has 2 aliphatic heterocycles. The van der Waals surface area contributed by atoms with Crippen LogP contribution in [0.2, 0.25) is 0 Å². The van der Waals surface area contributed by atoms with Gasteiger partial charge in [0.05, 0.1) is 5.54 Å². The van der Waals surface area contributed by atoms with Crippen LogP contribution in [0, 0.1) is 0 Å². The largest absolute Gasteiger partial charge is 0.443 e. The van der Waals surface area contributed by atoms with Crippen molar-refractivity contribution in [1.29, 1.82) is 0 Å². The molecule has 2 fully saturated rings. The van der Waals surface area contributed by atoms with Gasteiger partial charge in [-0.3, -0.25) is 0 Å². The lowest BCUT2D eigenvalue weighted by Gasteiger charge is -2.44. The summed E-state index contributed by atoms with van der Waals surface area (Å²) in [4.78, 5) is 15.8. The Kier molecular flexibility index (Phi) is 3.08. The Bertz CT molecular complexity index is 284. The van der Waals surface area contributed by atoms with Crippen molar-refractivity contribution >= 4 is 6.09 Å². The zero-order valence-electron chi connectivity index (χ0n) is 10.3. The van der Waals surface area contributed by atoms with Crippen molar-refractivity contribution in [1.82, 2.24) is 15.1 Å². The average molecular weight is 227 g/mol. The number of ether oxygens (including phenoxy) is 1. The summed E-state index contributed by atoms with van der Waals surface area (Å²) in [5.74, 6) is 0. The molecule has 2 heterocycles. The lowest BCUT2D eigenvalue weighted by Crippen LogP contribution is -2.60. The van der Waals surface area contributed by atoms with E-state index in [0.717, 1.165) is 32.5 Å². The smallest absolute Gasteiger partial charge is 0.410 e. The van der Waals surface area contributed by atoms with Gasteiger partial charge in [0.2, 0.25) is 0 Å². The van der Waals surface area contributed by atoms with E-state index in [2.05, 4.69) is 17.3 Å². The van der Waals surface area contributed by atoms with Crippen LogP contribution in [0.4, 0.5) is 4.79 Å². The molecule has 16 heavy (non-hydrogen) atoms. The molecule has 0 spiro atoms. The number of hydrogen-bond donors (Lipinski definition) is 1. The second-order valence-corrected chi connectivity index (χ2v) is 4.92. The highest BCUT2D eigenvalue weighted by Crippen LogP contribution is 2.37. The maximum Gasteiger partial charge on any atom is 0.410 e. The zero-order valence-corrected chi connectivity index (χ0v) is 10.3. The lowest BCUT2D eigenvalue weighted by atomic mass is 9.83. The van der Waals surface area contributed by atoms with Gasteiger partial charge >= 0.3 is 6.09 Å². The van der Waals surface area contributed by atoms with Gasteiger partial charge < -0.3 is 19.9 Å². The summed E-state index contributed by atoms with van der Waals surface area (Å²) in [5.41, 5.74) is -0.132. The van der Waals surface area contributed by atoms with Crippen molar-refractivity contribution in [3.05, 3.63) is 0 Å². The molecule has 0 aliphatic carbocycles. The van der Waals surface area contributed by atoms with E-state index in [0.29, 0.717) is 0 Å². The van der Waals surface area contributed by atoms with Gasteiger partial charge in [-0.25, -0.2) is 4.79 Å². The highest BCUT2D eigenvalue weighted by atomic mass is 16.6. The summed E-state index contributed by atoms with van der Waals surface area (Å²) in [6, 6.07) is 0. The van der Waals surface area contributed by atoms with Crippen molar-refractivity contribution in [2.45, 2.75) is 24.5 Å². The van der Waals surface area contributed by atoms with Crippen molar-refractivity contribution < 1.29 is 9.53 Å². The fourth-order valence-corrected chi connectivity index (χ4v) is 2.88. The Morgan fingerprint density at radius 2 is 2.31 bits per heavy atom. The average Bonchev–Trinajstić information content (AvgIpc) is 2.50. The summed E-state index contributed by atoms with van der Waals surface area (Å²) in [6.45, 7) is 2.82. The van der Waals surface area contributed by atoms with Gasteiger partial charge in [-0.2, -0.15) is 0 Å². The molecule has 0 aromatic carbocycles. The fraction of sp³-hybridized carbons (Fsp3) is 0.909. The monoisotopic (exact) mass is 227 g/mol. The Morgan fingerprint density at radius 3 is 3.00 bits per heavy atom. The molecule has 2 atom stereocenters. The summed E-state index contributed by atoms with van der Waals surface area (Å²) < 4.78 is 5.46. The first-order valence-corrected chi connectivity index (χ1v) is 5.88. The van der Waals surface area contributed by atoms with Crippen LogP contribution in [0.5, 0.6) is 0 Å². The SMILES string of the molecule is CNCCC12CN(C)CCC1OC(=O)N2C. The summed E-state index contributed by atoms with van der Waals surface area (Å²) in [5, 5.41) is 3.16. The van der Waals surface area contributed by atoms with E-state index in [4.69, 9.17) is 4.74 Å². The van der Waals surface area contributed by atoms with Crippen molar-refractivity contribution in [2.24, 2.45) is 0 Å². The van der Waals surface area contributed by atoms with Crippen LogP contribution in [-0.2, 0) is 4.74 Å². The predicted molar refractivity (Wildman–Crippen MR) is 61.4 cm³/mol. The van der Waals surface area contributed by atoms with E-state index < -0.39 is 0 Å². The van der Waals surface area contributed by atoms with Gasteiger partial charge in [0, 0.05) is 20.1 Å². The maximum absolute atomic E-state index is 11.7. The summed E-state index contributed by atoms with van der Waals surface area (Å²) in [7, 11) is 5.90. The van der Waals surface area contributed by atoms with Crippen molar-refractivity contribution in [3.8, 4) is 0 Å². The van der Waals surface area contributed by atoms with E-state index in [1.54, 1.807) is 4.90 Å². The minimum absolute atomic E-state index is 0.0644. The maximum atomic E-state index is 11.7. The van der Waals surface area contributed by atoms with Gasteiger partial charge in [-0.1, -0.05) is 0 Å². The molecule has 0 bridgehead atoms. The third-order valence-electron chi connectivity index (χ3n) is 3.91. The predicted octanol–water partition coefficient (Wildman–Crippen LogP) is 0.121. The van der Waals surface area contributed by atoms with E-state index >= 15 is 0 Å². The number of carbonyl (C=O) groups is 1. The molecule has 2 aliphatic rings. The molecule has 0 aromatic heterocycles. The first kappa shape index (κ1) is 11.7. The number of fused-ring (bicyclic) bond motifs is 1. The number of likely N-dealkylation sites (tertiary alicyclic amines) is 1. The summed E-state index contributed by atoms with van der Waals surface area (Å²) in [6.07, 6.45) is 1.78. The lowest BCUT2D eigenvalue weighted by molar-refractivity contribution is 0.0190. The van der Waals surface area contributed by atoms with E-state index in [-0.39, 0.29) is 17.7 Å². The van der Waals surface area contributed by atoms with Crippen LogP contribution in [-0.4, -0.2) is 68.3 Å². The molecule has 2 rings (SSSR count). The zero-order chi connectivity index (χ0) is 11.8. The van der Waals surface area contributed by atoms with Crippen molar-refractivity contribution in [2.75, 3.05) is 40.8 Å². The molecule has 2 unspecified atom stereocenters. The molecule has 2 saturated heterocycles. The molecule has 0 aromatic rings. The number of nitrogens with one attached hydrogen (secondary N) is 1. The second-order valence-electron chi connectivity index (χ2n) is 4.92. The summed E-state index contributed by atoms with van der Waals surface area (Å²) >= 11 is 0. The quantitative estimate of drug-likeness (QED) is 0.744. The number of amides is 1. The number of carbonyl (C=O) groups excluding carboxylic acids is 1. The Balaban J connectivity index is 2.20. The third-order valence-corrected chi connectivity index (χ3v) is 3.91. The molecule has 0 radical (unpaired) electrons. The topological polar surface area (TPSA) is 44.8 Å². The molecule has 5 heteroatoms. The number of rotatable bonds is 3. The van der Waals surface area contributed by atoms with Crippen LogP contribution in [0.3, 0.4) is 0 Å². The normalized spacial score (nSPS) is 35.1. The molecular weight excluding hydrogens is 206 g/mol. The number of hydrogen-bond acceptors (Lipinski definition) is 4. The van der Waals surface area contributed by atoms with Gasteiger partial charge in [-0.05, 0) is 33.5 Å². The minimum atomic E-state index is -0.170. The number of piperidine rings is 1. The number of likely N-dealkylation sites (N-methyl/N-ethyl adjacent to an activating group) is 2. The van der Waals surface area contributed by atoms with E-state index in [9.17, 15) is 4.79 Å². The molecule has 1 N–H and O–H groups in total. The highest BCUT2D eigenvalue weighted by Gasteiger charge is 2.54. The van der Waals surface area contributed by atoms with Crippen molar-refractivity contribution in [3.63, 3.8) is 0 Å². The second kappa shape index (κ2) is 4.22. The highest BCUT2D eigenvalue weighted by molar-refractivity contribution is 5.71. The standard InChI is InChI=1S/C11H21N3O2/c1-12-6-5-11-8-13(2)7-4-9(11)16-10(15)14(11)3/h9,12H,4-8H2,1-3H3. The van der Waals surface area contributed by atoms with Crippen LogP contribution >= 0.6 is 0 Å². The Morgan fingerprint density at radius 1 is 1.56 bits per heavy atom. The van der Waals surface area contributed by atoms with Crippen LogP contribution in [0.1, 0.15) is 12.8 Å². The van der Waals surface area contributed by atoms with Crippen LogP contribution in [0.25, 0.3) is 0 Å².